The second kappa shape index (κ2) is 4.06. The molecule has 0 radical (unpaired) electrons. The normalized spacial score (nSPS) is 47.0. The number of likely N-dealkylation sites (tertiary alicyclic amines) is 1. The molecule has 86 valence electrons. The maximum absolute atomic E-state index is 3.66. The van der Waals surface area contributed by atoms with Gasteiger partial charge in [0.15, 0.2) is 0 Å². The first-order chi connectivity index (χ1) is 7.33. The molecule has 2 nitrogen and oxygen atoms in total. The molecule has 0 aromatic rings. The van der Waals surface area contributed by atoms with Crippen molar-refractivity contribution in [3.8, 4) is 0 Å². The van der Waals surface area contributed by atoms with E-state index in [1.807, 2.05) is 0 Å². The van der Waals surface area contributed by atoms with Crippen LogP contribution in [-0.2, 0) is 0 Å². The molecule has 3 rings (SSSR count). The fraction of sp³-hybridized carbons (Fsp3) is 1.00. The molecule has 1 aliphatic carbocycles. The van der Waals surface area contributed by atoms with E-state index < -0.39 is 0 Å². The van der Waals surface area contributed by atoms with Gasteiger partial charge in [0, 0.05) is 25.2 Å². The molecule has 0 spiro atoms. The fourth-order valence-corrected chi connectivity index (χ4v) is 3.91. The Labute approximate surface area is 93.4 Å². The van der Waals surface area contributed by atoms with Gasteiger partial charge in [0.2, 0.25) is 0 Å². The highest BCUT2D eigenvalue weighted by Crippen LogP contribution is 2.33. The Kier molecular flexibility index (Phi) is 2.73. The Hall–Kier alpha value is -0.0800. The van der Waals surface area contributed by atoms with Crippen LogP contribution in [0.5, 0.6) is 0 Å². The van der Waals surface area contributed by atoms with Gasteiger partial charge >= 0.3 is 0 Å². The van der Waals surface area contributed by atoms with Gasteiger partial charge < -0.3 is 5.32 Å². The smallest absolute Gasteiger partial charge is 0.0236 e. The number of nitrogens with one attached hydrogen (secondary N) is 1. The molecular weight excluding hydrogens is 184 g/mol. The molecule has 2 heteroatoms. The van der Waals surface area contributed by atoms with Crippen LogP contribution in [0.15, 0.2) is 0 Å². The van der Waals surface area contributed by atoms with Crippen molar-refractivity contribution >= 4 is 0 Å². The maximum Gasteiger partial charge on any atom is 0.0236 e. The third-order valence-electron chi connectivity index (χ3n) is 4.82. The summed E-state index contributed by atoms with van der Waals surface area (Å²) in [5.41, 5.74) is 0. The first-order valence-electron chi connectivity index (χ1n) is 6.80. The molecule has 3 fully saturated rings. The lowest BCUT2D eigenvalue weighted by Gasteiger charge is -2.34. The van der Waals surface area contributed by atoms with Gasteiger partial charge in [-0.25, -0.2) is 0 Å². The average Bonchev–Trinajstić information content (AvgIpc) is 2.76. The zero-order valence-electron chi connectivity index (χ0n) is 9.91. The standard InChI is InChI=1S/C13H24N2/c1-10-3-2-4-12(7-10)15-8-11-5-6-14-13(11)9-15/h10-14H,2-9H2,1H3/t10?,11-,12?,13+/m0/s1. The van der Waals surface area contributed by atoms with Gasteiger partial charge in [0.1, 0.15) is 0 Å². The Bertz CT molecular complexity index is 217. The van der Waals surface area contributed by atoms with E-state index in [2.05, 4.69) is 17.1 Å². The average molecular weight is 208 g/mol. The zero-order chi connectivity index (χ0) is 10.3. The number of hydrogen-bond donors (Lipinski definition) is 1. The van der Waals surface area contributed by atoms with E-state index in [9.17, 15) is 0 Å². The number of rotatable bonds is 1. The highest BCUT2D eigenvalue weighted by atomic mass is 15.2. The van der Waals surface area contributed by atoms with Gasteiger partial charge in [-0.15, -0.1) is 0 Å². The lowest BCUT2D eigenvalue weighted by molar-refractivity contribution is 0.154. The fourth-order valence-electron chi connectivity index (χ4n) is 3.91. The Morgan fingerprint density at radius 3 is 2.87 bits per heavy atom. The zero-order valence-corrected chi connectivity index (χ0v) is 9.91. The molecule has 0 amide bonds. The van der Waals surface area contributed by atoms with E-state index in [4.69, 9.17) is 0 Å². The second-order valence-electron chi connectivity index (χ2n) is 5.99. The summed E-state index contributed by atoms with van der Waals surface area (Å²) in [4.78, 5) is 2.79. The van der Waals surface area contributed by atoms with Crippen LogP contribution in [0.2, 0.25) is 0 Å². The van der Waals surface area contributed by atoms with Gasteiger partial charge in [0.05, 0.1) is 0 Å². The topological polar surface area (TPSA) is 15.3 Å². The minimum atomic E-state index is 0.835. The Morgan fingerprint density at radius 1 is 1.13 bits per heavy atom. The van der Waals surface area contributed by atoms with Gasteiger partial charge in [-0.05, 0) is 37.6 Å². The number of hydrogen-bond acceptors (Lipinski definition) is 2. The molecule has 1 N–H and O–H groups in total. The molecule has 0 aromatic heterocycles. The van der Waals surface area contributed by atoms with E-state index in [0.29, 0.717) is 0 Å². The van der Waals surface area contributed by atoms with Gasteiger partial charge in [-0.3, -0.25) is 4.90 Å². The summed E-state index contributed by atoms with van der Waals surface area (Å²) in [5, 5.41) is 3.66. The van der Waals surface area contributed by atoms with Crippen LogP contribution >= 0.6 is 0 Å². The summed E-state index contributed by atoms with van der Waals surface area (Å²) < 4.78 is 0. The van der Waals surface area contributed by atoms with E-state index in [0.717, 1.165) is 23.9 Å². The van der Waals surface area contributed by atoms with Crippen molar-refractivity contribution in [2.24, 2.45) is 11.8 Å². The molecule has 0 bridgehead atoms. The highest BCUT2D eigenvalue weighted by molar-refractivity contribution is 4.96. The predicted molar refractivity (Wildman–Crippen MR) is 62.9 cm³/mol. The van der Waals surface area contributed by atoms with Gasteiger partial charge in [-0.1, -0.05) is 19.8 Å². The van der Waals surface area contributed by atoms with Crippen molar-refractivity contribution in [2.75, 3.05) is 19.6 Å². The third-order valence-corrected chi connectivity index (χ3v) is 4.82. The lowest BCUT2D eigenvalue weighted by atomic mass is 9.86. The molecule has 2 saturated heterocycles. The van der Waals surface area contributed by atoms with Crippen molar-refractivity contribution in [1.29, 1.82) is 0 Å². The second-order valence-corrected chi connectivity index (χ2v) is 5.99. The van der Waals surface area contributed by atoms with Gasteiger partial charge in [-0.2, -0.15) is 0 Å². The first-order valence-corrected chi connectivity index (χ1v) is 6.80. The van der Waals surface area contributed by atoms with Crippen LogP contribution < -0.4 is 5.32 Å². The van der Waals surface area contributed by atoms with Gasteiger partial charge in [0.25, 0.3) is 0 Å². The largest absolute Gasteiger partial charge is 0.312 e. The molecule has 2 unspecified atom stereocenters. The number of fused-ring (bicyclic) bond motifs is 1. The predicted octanol–water partition coefficient (Wildman–Crippen LogP) is 1.86. The highest BCUT2D eigenvalue weighted by Gasteiger charge is 2.39. The Balaban J connectivity index is 1.59. The maximum atomic E-state index is 3.66. The Morgan fingerprint density at radius 2 is 2.07 bits per heavy atom. The summed E-state index contributed by atoms with van der Waals surface area (Å²) >= 11 is 0. The van der Waals surface area contributed by atoms with E-state index in [1.54, 1.807) is 0 Å². The first kappa shape index (κ1) is 10.1. The molecule has 2 aliphatic heterocycles. The molecule has 15 heavy (non-hydrogen) atoms. The van der Waals surface area contributed by atoms with Crippen molar-refractivity contribution in [3.63, 3.8) is 0 Å². The molecule has 2 heterocycles. The monoisotopic (exact) mass is 208 g/mol. The molecule has 4 atom stereocenters. The van der Waals surface area contributed by atoms with Crippen molar-refractivity contribution in [3.05, 3.63) is 0 Å². The van der Waals surface area contributed by atoms with Crippen LogP contribution in [0.25, 0.3) is 0 Å². The summed E-state index contributed by atoms with van der Waals surface area (Å²) in [7, 11) is 0. The van der Waals surface area contributed by atoms with Crippen LogP contribution in [0.1, 0.15) is 39.0 Å². The molecule has 3 aliphatic rings. The van der Waals surface area contributed by atoms with E-state index >= 15 is 0 Å². The quantitative estimate of drug-likeness (QED) is 0.707. The van der Waals surface area contributed by atoms with Crippen LogP contribution in [0.4, 0.5) is 0 Å². The minimum Gasteiger partial charge on any atom is -0.312 e. The molecule has 0 aromatic carbocycles. The molecule has 1 saturated carbocycles. The van der Waals surface area contributed by atoms with Crippen LogP contribution in [0, 0.1) is 11.8 Å². The van der Waals surface area contributed by atoms with Crippen LogP contribution in [0.3, 0.4) is 0 Å². The van der Waals surface area contributed by atoms with Crippen molar-refractivity contribution in [2.45, 2.75) is 51.1 Å². The summed E-state index contributed by atoms with van der Waals surface area (Å²) in [6.07, 6.45) is 7.27. The summed E-state index contributed by atoms with van der Waals surface area (Å²) in [5.74, 6) is 1.94. The van der Waals surface area contributed by atoms with Crippen LogP contribution in [-0.4, -0.2) is 36.6 Å². The summed E-state index contributed by atoms with van der Waals surface area (Å²) in [6, 6.07) is 1.75. The van der Waals surface area contributed by atoms with Crippen molar-refractivity contribution < 1.29 is 0 Å². The summed E-state index contributed by atoms with van der Waals surface area (Å²) in [6.45, 7) is 6.42. The van der Waals surface area contributed by atoms with Crippen molar-refractivity contribution in [1.82, 2.24) is 10.2 Å². The number of nitrogens with zero attached hydrogens (tertiary/aromatic N) is 1. The SMILES string of the molecule is CC1CCCC(N2C[C@@H]3CCN[C@@H]3C2)C1. The van der Waals surface area contributed by atoms with E-state index in [1.165, 1.54) is 51.7 Å². The molecular formula is C13H24N2. The van der Waals surface area contributed by atoms with E-state index in [-0.39, 0.29) is 0 Å². The minimum absolute atomic E-state index is 0.835. The lowest BCUT2D eigenvalue weighted by Crippen LogP contribution is -2.39. The third kappa shape index (κ3) is 1.94.